The maximum absolute atomic E-state index is 11.3. The predicted octanol–water partition coefficient (Wildman–Crippen LogP) is 1.89. The van der Waals surface area contributed by atoms with Crippen molar-refractivity contribution in [2.24, 2.45) is 0 Å². The molecule has 0 amide bonds. The van der Waals surface area contributed by atoms with Crippen LogP contribution in [0.1, 0.15) is 18.4 Å². The van der Waals surface area contributed by atoms with Crippen LogP contribution in [-0.4, -0.2) is 91.5 Å². The Morgan fingerprint density at radius 2 is 1.94 bits per heavy atom. The number of methoxy groups -OCH3 is 1. The predicted molar refractivity (Wildman–Crippen MR) is 122 cm³/mol. The van der Waals surface area contributed by atoms with Crippen LogP contribution in [0, 0.1) is 0 Å². The van der Waals surface area contributed by atoms with Crippen LogP contribution in [0.15, 0.2) is 36.7 Å². The maximum Gasteiger partial charge on any atom is 0.225 e. The molecule has 1 aliphatic heterocycles. The number of β-amino-alcohol motifs (C(OH)–C–C–N with tert-alkyl or cyclic N) is 1. The van der Waals surface area contributed by atoms with Gasteiger partial charge in [0.25, 0.3) is 0 Å². The number of likely N-dealkylation sites (N-methyl/N-ethyl adjacent to an activating group) is 2. The molecule has 0 saturated carbocycles. The molecular weight excluding hydrogens is 394 g/mol. The summed E-state index contributed by atoms with van der Waals surface area (Å²) in [6.45, 7) is 4.12. The summed E-state index contributed by atoms with van der Waals surface area (Å²) in [5, 5.41) is 11.3. The first-order valence-electron chi connectivity index (χ1n) is 10.8. The molecule has 2 heterocycles. The Bertz CT molecular complexity index is 820. The van der Waals surface area contributed by atoms with Crippen molar-refractivity contribution in [1.29, 1.82) is 0 Å². The number of nitrogens with zero attached hydrogens (tertiary/aromatic N) is 5. The van der Waals surface area contributed by atoms with E-state index in [1.165, 1.54) is 0 Å². The normalized spacial score (nSPS) is 19.1. The van der Waals surface area contributed by atoms with E-state index in [1.54, 1.807) is 25.6 Å². The highest BCUT2D eigenvalue weighted by molar-refractivity contribution is 5.43. The summed E-state index contributed by atoms with van der Waals surface area (Å²) in [5.74, 6) is 2.16. The minimum Gasteiger partial charge on any atom is -0.493 e. The van der Waals surface area contributed by atoms with Gasteiger partial charge in [-0.3, -0.25) is 4.90 Å². The molecule has 0 spiro atoms. The number of rotatable bonds is 10. The lowest BCUT2D eigenvalue weighted by Gasteiger charge is -2.41. The zero-order chi connectivity index (χ0) is 22.3. The van der Waals surface area contributed by atoms with Crippen LogP contribution in [0.3, 0.4) is 0 Å². The molecule has 1 aromatic carbocycles. The van der Waals surface area contributed by atoms with Crippen LogP contribution in [-0.2, 0) is 6.54 Å². The van der Waals surface area contributed by atoms with Crippen LogP contribution in [0.2, 0.25) is 0 Å². The van der Waals surface area contributed by atoms with E-state index >= 15 is 0 Å². The SMILES string of the molecule is COc1cc(CN(C)CC2(O)CCCN(c3ncccn3)C2)ccc1OCCN(C)C. The third-order valence-corrected chi connectivity index (χ3v) is 5.43. The van der Waals surface area contributed by atoms with Gasteiger partial charge in [-0.1, -0.05) is 6.07 Å². The Hall–Kier alpha value is -2.42. The van der Waals surface area contributed by atoms with Gasteiger partial charge in [0.1, 0.15) is 6.61 Å². The lowest BCUT2D eigenvalue weighted by atomic mass is 9.92. The molecule has 1 saturated heterocycles. The van der Waals surface area contributed by atoms with E-state index in [0.717, 1.165) is 43.0 Å². The van der Waals surface area contributed by atoms with Crippen molar-refractivity contribution in [2.75, 3.05) is 65.9 Å². The van der Waals surface area contributed by atoms with Crippen molar-refractivity contribution in [2.45, 2.75) is 25.0 Å². The Morgan fingerprint density at radius 3 is 2.65 bits per heavy atom. The lowest BCUT2D eigenvalue weighted by molar-refractivity contribution is -0.00367. The third kappa shape index (κ3) is 6.78. The van der Waals surface area contributed by atoms with E-state index < -0.39 is 5.60 Å². The summed E-state index contributed by atoms with van der Waals surface area (Å²) in [7, 11) is 7.73. The van der Waals surface area contributed by atoms with Gasteiger partial charge in [-0.15, -0.1) is 0 Å². The highest BCUT2D eigenvalue weighted by Gasteiger charge is 2.35. The fourth-order valence-electron chi connectivity index (χ4n) is 4.00. The number of benzene rings is 1. The van der Waals surface area contributed by atoms with Gasteiger partial charge < -0.3 is 24.4 Å². The molecular formula is C23H35N5O3. The molecule has 1 N–H and O–H groups in total. The first-order valence-corrected chi connectivity index (χ1v) is 10.8. The van der Waals surface area contributed by atoms with Gasteiger partial charge in [0.2, 0.25) is 5.95 Å². The summed E-state index contributed by atoms with van der Waals surface area (Å²) < 4.78 is 11.4. The van der Waals surface area contributed by atoms with Crippen LogP contribution >= 0.6 is 0 Å². The Balaban J connectivity index is 1.58. The molecule has 0 bridgehead atoms. The molecule has 8 nitrogen and oxygen atoms in total. The average Bonchev–Trinajstić information content (AvgIpc) is 2.74. The van der Waals surface area contributed by atoms with Gasteiger partial charge in [-0.25, -0.2) is 9.97 Å². The van der Waals surface area contributed by atoms with Crippen molar-refractivity contribution in [1.82, 2.24) is 19.8 Å². The second-order valence-corrected chi connectivity index (χ2v) is 8.61. The number of aliphatic hydroxyl groups is 1. The summed E-state index contributed by atoms with van der Waals surface area (Å²) in [6.07, 6.45) is 5.16. The van der Waals surface area contributed by atoms with Gasteiger partial charge in [-0.05, 0) is 57.7 Å². The molecule has 0 radical (unpaired) electrons. The minimum absolute atomic E-state index is 0.531. The van der Waals surface area contributed by atoms with Gasteiger partial charge >= 0.3 is 0 Å². The van der Waals surface area contributed by atoms with Crippen molar-refractivity contribution in [3.63, 3.8) is 0 Å². The number of anilines is 1. The molecule has 0 aliphatic carbocycles. The van der Waals surface area contributed by atoms with E-state index in [4.69, 9.17) is 9.47 Å². The van der Waals surface area contributed by atoms with E-state index in [2.05, 4.69) is 30.7 Å². The molecule has 1 unspecified atom stereocenters. The Kier molecular flexibility index (Phi) is 8.06. The molecule has 2 aromatic rings. The van der Waals surface area contributed by atoms with E-state index in [-0.39, 0.29) is 0 Å². The van der Waals surface area contributed by atoms with E-state index in [1.807, 2.05) is 33.3 Å². The van der Waals surface area contributed by atoms with Gasteiger partial charge in [0, 0.05) is 38.6 Å². The second-order valence-electron chi connectivity index (χ2n) is 8.61. The third-order valence-electron chi connectivity index (χ3n) is 5.43. The Labute approximate surface area is 185 Å². The van der Waals surface area contributed by atoms with E-state index in [0.29, 0.717) is 32.2 Å². The van der Waals surface area contributed by atoms with Crippen LogP contribution in [0.5, 0.6) is 11.5 Å². The topological polar surface area (TPSA) is 74.2 Å². The minimum atomic E-state index is -0.800. The highest BCUT2D eigenvalue weighted by Crippen LogP contribution is 2.29. The smallest absolute Gasteiger partial charge is 0.225 e. The molecule has 1 atom stereocenters. The lowest BCUT2D eigenvalue weighted by Crippen LogP contribution is -2.54. The Morgan fingerprint density at radius 1 is 1.16 bits per heavy atom. The molecule has 31 heavy (non-hydrogen) atoms. The standard InChI is InChI=1S/C23H35N5O3/c1-26(2)13-14-31-20-8-7-19(15-21(20)30-4)16-27(3)17-23(29)9-5-12-28(18-23)22-24-10-6-11-25-22/h6-8,10-11,15,29H,5,9,12-14,16-18H2,1-4H3. The number of ether oxygens (including phenoxy) is 2. The molecule has 1 fully saturated rings. The molecule has 1 aromatic heterocycles. The number of piperidine rings is 1. The van der Waals surface area contributed by atoms with Gasteiger partial charge in [0.15, 0.2) is 11.5 Å². The first-order chi connectivity index (χ1) is 14.9. The van der Waals surface area contributed by atoms with Gasteiger partial charge in [-0.2, -0.15) is 0 Å². The molecule has 8 heteroatoms. The first kappa shape index (κ1) is 23.2. The summed E-state index contributed by atoms with van der Waals surface area (Å²) in [4.78, 5) is 15.0. The van der Waals surface area contributed by atoms with Crippen molar-refractivity contribution in [3.05, 3.63) is 42.2 Å². The molecule has 1 aliphatic rings. The summed E-state index contributed by atoms with van der Waals surface area (Å²) in [5.41, 5.74) is 0.313. The monoisotopic (exact) mass is 429 g/mol. The largest absolute Gasteiger partial charge is 0.493 e. The maximum atomic E-state index is 11.3. The summed E-state index contributed by atoms with van der Waals surface area (Å²) in [6, 6.07) is 7.83. The highest BCUT2D eigenvalue weighted by atomic mass is 16.5. The molecule has 3 rings (SSSR count). The number of hydrogen-bond donors (Lipinski definition) is 1. The van der Waals surface area contributed by atoms with Crippen LogP contribution in [0.25, 0.3) is 0 Å². The zero-order valence-corrected chi connectivity index (χ0v) is 19.1. The second kappa shape index (κ2) is 10.7. The van der Waals surface area contributed by atoms with Crippen LogP contribution in [0.4, 0.5) is 5.95 Å². The molecule has 170 valence electrons. The fraction of sp³-hybridized carbons (Fsp3) is 0.565. The van der Waals surface area contributed by atoms with Crippen molar-refractivity contribution in [3.8, 4) is 11.5 Å². The van der Waals surface area contributed by atoms with Crippen LogP contribution < -0.4 is 14.4 Å². The average molecular weight is 430 g/mol. The number of aromatic nitrogens is 2. The fourth-order valence-corrected chi connectivity index (χ4v) is 4.00. The van der Waals surface area contributed by atoms with Crippen molar-refractivity contribution < 1.29 is 14.6 Å². The zero-order valence-electron chi connectivity index (χ0n) is 19.1. The van der Waals surface area contributed by atoms with E-state index in [9.17, 15) is 5.11 Å². The summed E-state index contributed by atoms with van der Waals surface area (Å²) >= 11 is 0. The van der Waals surface area contributed by atoms with Crippen molar-refractivity contribution >= 4 is 5.95 Å². The number of hydrogen-bond acceptors (Lipinski definition) is 8. The van der Waals surface area contributed by atoms with Gasteiger partial charge in [0.05, 0.1) is 19.3 Å². The quantitative estimate of drug-likeness (QED) is 0.614.